The topological polar surface area (TPSA) is 75.9 Å². The zero-order valence-corrected chi connectivity index (χ0v) is 13.2. The average Bonchev–Trinajstić information content (AvgIpc) is 2.84. The van der Waals surface area contributed by atoms with Crippen LogP contribution >= 0.6 is 23.2 Å². The van der Waals surface area contributed by atoms with Gasteiger partial charge in [0, 0.05) is 29.8 Å². The first-order valence-electron chi connectivity index (χ1n) is 6.55. The largest absolute Gasteiger partial charge is 0.387 e. The van der Waals surface area contributed by atoms with Crippen molar-refractivity contribution >= 4 is 40.1 Å². The second-order valence-corrected chi connectivity index (χ2v) is 5.73. The van der Waals surface area contributed by atoms with Crippen molar-refractivity contribution in [3.8, 4) is 0 Å². The van der Waals surface area contributed by atoms with E-state index in [1.807, 2.05) is 13.2 Å². The lowest BCUT2D eigenvalue weighted by Gasteiger charge is -2.13. The number of aliphatic hydroxyl groups excluding tert-OH is 1. The highest BCUT2D eigenvalue weighted by atomic mass is 35.5. The molecule has 0 saturated heterocycles. The molecule has 1 atom stereocenters. The van der Waals surface area contributed by atoms with Gasteiger partial charge in [0.2, 0.25) is 0 Å². The zero-order valence-electron chi connectivity index (χ0n) is 11.7. The van der Waals surface area contributed by atoms with Gasteiger partial charge in [-0.3, -0.25) is 4.68 Å². The summed E-state index contributed by atoms with van der Waals surface area (Å²) in [4.78, 5) is 8.27. The second-order valence-electron chi connectivity index (χ2n) is 4.86. The van der Waals surface area contributed by atoms with Gasteiger partial charge in [0.1, 0.15) is 12.1 Å². The molecule has 1 unspecified atom stereocenters. The van der Waals surface area contributed by atoms with Crippen LogP contribution in [-0.4, -0.2) is 31.4 Å². The third-order valence-corrected chi connectivity index (χ3v) is 3.60. The van der Waals surface area contributed by atoms with Crippen molar-refractivity contribution < 1.29 is 5.11 Å². The highest BCUT2D eigenvalue weighted by Crippen LogP contribution is 2.24. The summed E-state index contributed by atoms with van der Waals surface area (Å²) in [6.45, 7) is 0.262. The Hall–Kier alpha value is -1.89. The molecule has 0 fully saturated rings. The number of hydrogen-bond donors (Lipinski definition) is 2. The van der Waals surface area contributed by atoms with Crippen LogP contribution in [0.4, 0.5) is 5.82 Å². The van der Waals surface area contributed by atoms with Crippen LogP contribution in [-0.2, 0) is 7.05 Å². The minimum atomic E-state index is -0.766. The van der Waals surface area contributed by atoms with E-state index in [0.29, 0.717) is 27.1 Å². The van der Waals surface area contributed by atoms with Gasteiger partial charge in [-0.15, -0.1) is 0 Å². The highest BCUT2D eigenvalue weighted by Gasteiger charge is 2.12. The van der Waals surface area contributed by atoms with Crippen molar-refractivity contribution in [1.29, 1.82) is 0 Å². The average molecular weight is 338 g/mol. The molecule has 0 aliphatic heterocycles. The third-order valence-electron chi connectivity index (χ3n) is 3.16. The number of nitrogens with one attached hydrogen (secondary N) is 1. The number of hydrogen-bond acceptors (Lipinski definition) is 5. The van der Waals surface area contributed by atoms with Gasteiger partial charge in [0.05, 0.1) is 11.5 Å². The zero-order chi connectivity index (χ0) is 15.7. The first kappa shape index (κ1) is 15.0. The van der Waals surface area contributed by atoms with E-state index in [0.717, 1.165) is 5.39 Å². The van der Waals surface area contributed by atoms with E-state index in [1.165, 1.54) is 6.33 Å². The Morgan fingerprint density at radius 3 is 2.68 bits per heavy atom. The van der Waals surface area contributed by atoms with E-state index < -0.39 is 6.10 Å². The van der Waals surface area contributed by atoms with Crippen LogP contribution in [0.3, 0.4) is 0 Å². The van der Waals surface area contributed by atoms with Crippen LogP contribution in [0.5, 0.6) is 0 Å². The summed E-state index contributed by atoms with van der Waals surface area (Å²) in [5.41, 5.74) is 1.24. The van der Waals surface area contributed by atoms with Gasteiger partial charge in [0.15, 0.2) is 5.65 Å². The maximum Gasteiger partial charge on any atom is 0.186 e. The Kier molecular flexibility index (Phi) is 4.15. The van der Waals surface area contributed by atoms with Gasteiger partial charge in [-0.25, -0.2) is 9.97 Å². The minimum Gasteiger partial charge on any atom is -0.387 e. The van der Waals surface area contributed by atoms with E-state index in [4.69, 9.17) is 23.2 Å². The number of anilines is 1. The maximum absolute atomic E-state index is 10.3. The fraction of sp³-hybridized carbons (Fsp3) is 0.214. The maximum atomic E-state index is 10.3. The van der Waals surface area contributed by atoms with Crippen LogP contribution < -0.4 is 5.32 Å². The quantitative estimate of drug-likeness (QED) is 0.765. The Labute approximate surface area is 136 Å². The smallest absolute Gasteiger partial charge is 0.186 e. The second kappa shape index (κ2) is 6.08. The molecule has 2 heterocycles. The lowest BCUT2D eigenvalue weighted by Crippen LogP contribution is -2.13. The van der Waals surface area contributed by atoms with E-state index in [9.17, 15) is 5.11 Å². The molecule has 2 N–H and O–H groups in total. The molecule has 3 rings (SSSR count). The van der Waals surface area contributed by atoms with Gasteiger partial charge < -0.3 is 10.4 Å². The van der Waals surface area contributed by atoms with Crippen molar-refractivity contribution in [1.82, 2.24) is 19.7 Å². The van der Waals surface area contributed by atoms with Crippen LogP contribution in [0.2, 0.25) is 10.0 Å². The van der Waals surface area contributed by atoms with E-state index in [-0.39, 0.29) is 6.54 Å². The van der Waals surface area contributed by atoms with Crippen LogP contribution in [0, 0.1) is 0 Å². The summed E-state index contributed by atoms with van der Waals surface area (Å²) in [5, 5.41) is 19.3. The molecule has 0 aliphatic rings. The highest BCUT2D eigenvalue weighted by molar-refractivity contribution is 6.34. The number of halogens is 2. The fourth-order valence-corrected chi connectivity index (χ4v) is 2.71. The van der Waals surface area contributed by atoms with Crippen LogP contribution in [0.25, 0.3) is 11.0 Å². The molecular weight excluding hydrogens is 325 g/mol. The van der Waals surface area contributed by atoms with E-state index >= 15 is 0 Å². The Morgan fingerprint density at radius 1 is 1.23 bits per heavy atom. The van der Waals surface area contributed by atoms with Crippen molar-refractivity contribution in [3.63, 3.8) is 0 Å². The minimum absolute atomic E-state index is 0.262. The standard InChI is InChI=1S/C14H13Cl2N5O/c1-21-6-11-13(18-7-19-14(11)20-21)17-5-12(22)8-2-9(15)4-10(16)3-8/h2-4,6-7,12,22H,5H2,1H3,(H,17,18,19,20). The Bertz CT molecular complexity index is 800. The summed E-state index contributed by atoms with van der Waals surface area (Å²) in [6, 6.07) is 4.98. The number of nitrogens with zero attached hydrogens (tertiary/aromatic N) is 4. The molecule has 2 aromatic heterocycles. The predicted molar refractivity (Wildman–Crippen MR) is 86.2 cm³/mol. The summed E-state index contributed by atoms with van der Waals surface area (Å²) in [7, 11) is 1.81. The Morgan fingerprint density at radius 2 is 1.95 bits per heavy atom. The van der Waals surface area contributed by atoms with Gasteiger partial charge in [-0.1, -0.05) is 23.2 Å². The summed E-state index contributed by atoms with van der Waals surface area (Å²) >= 11 is 11.9. The molecule has 0 spiro atoms. The molecule has 0 radical (unpaired) electrons. The van der Waals surface area contributed by atoms with E-state index in [2.05, 4.69) is 20.4 Å². The molecule has 0 bridgehead atoms. The van der Waals surface area contributed by atoms with Gasteiger partial charge >= 0.3 is 0 Å². The lowest BCUT2D eigenvalue weighted by atomic mass is 10.1. The predicted octanol–water partition coefficient (Wildman–Crippen LogP) is 2.82. The van der Waals surface area contributed by atoms with Crippen molar-refractivity contribution in [3.05, 3.63) is 46.3 Å². The summed E-state index contributed by atoms with van der Waals surface area (Å²) in [6.07, 6.45) is 2.48. The number of aryl methyl sites for hydroxylation is 1. The van der Waals surface area contributed by atoms with E-state index in [1.54, 1.807) is 22.9 Å². The monoisotopic (exact) mass is 337 g/mol. The normalized spacial score (nSPS) is 12.5. The van der Waals surface area contributed by atoms with Crippen molar-refractivity contribution in [2.75, 3.05) is 11.9 Å². The van der Waals surface area contributed by atoms with Crippen LogP contribution in [0.1, 0.15) is 11.7 Å². The van der Waals surface area contributed by atoms with Crippen molar-refractivity contribution in [2.24, 2.45) is 7.05 Å². The Balaban J connectivity index is 1.78. The molecule has 6 nitrogen and oxygen atoms in total. The van der Waals surface area contributed by atoms with Gasteiger partial charge in [-0.05, 0) is 23.8 Å². The molecule has 114 valence electrons. The van der Waals surface area contributed by atoms with Gasteiger partial charge in [-0.2, -0.15) is 5.10 Å². The fourth-order valence-electron chi connectivity index (χ4n) is 2.17. The lowest BCUT2D eigenvalue weighted by molar-refractivity contribution is 0.191. The molecule has 0 amide bonds. The molecule has 3 aromatic rings. The molecule has 0 aliphatic carbocycles. The van der Waals surface area contributed by atoms with Gasteiger partial charge in [0.25, 0.3) is 0 Å². The SMILES string of the molecule is Cn1cc2c(NCC(O)c3cc(Cl)cc(Cl)c3)ncnc2n1. The molecule has 22 heavy (non-hydrogen) atoms. The molecule has 0 saturated carbocycles. The number of fused-ring (bicyclic) bond motifs is 1. The molecule has 1 aromatic carbocycles. The van der Waals surface area contributed by atoms with Crippen LogP contribution in [0.15, 0.2) is 30.7 Å². The molecular formula is C14H13Cl2N5O. The summed E-state index contributed by atoms with van der Waals surface area (Å²) in [5.74, 6) is 0.616. The first-order valence-corrected chi connectivity index (χ1v) is 7.31. The third kappa shape index (κ3) is 3.14. The number of benzene rings is 1. The molecule has 8 heteroatoms. The first-order chi connectivity index (χ1) is 10.5. The summed E-state index contributed by atoms with van der Waals surface area (Å²) < 4.78 is 1.66. The number of aliphatic hydroxyl groups is 1. The number of rotatable bonds is 4. The van der Waals surface area contributed by atoms with Crippen molar-refractivity contribution in [2.45, 2.75) is 6.10 Å². The number of aromatic nitrogens is 4.